The number of hydrogen-bond acceptors (Lipinski definition) is 3. The van der Waals surface area contributed by atoms with Gasteiger partial charge in [-0.1, -0.05) is 32.9 Å². The third-order valence-electron chi connectivity index (χ3n) is 3.58. The minimum absolute atomic E-state index is 0.162. The second-order valence-corrected chi connectivity index (χ2v) is 6.29. The van der Waals surface area contributed by atoms with Crippen LogP contribution in [0.4, 0.5) is 5.82 Å². The molecule has 1 N–H and O–H groups in total. The van der Waals surface area contributed by atoms with Crippen LogP contribution in [0.2, 0.25) is 0 Å². The highest BCUT2D eigenvalue weighted by Crippen LogP contribution is 2.31. The normalized spacial score (nSPS) is 11.5. The van der Waals surface area contributed by atoms with Gasteiger partial charge < -0.3 is 5.32 Å². The largest absolute Gasteiger partial charge is 0.372 e. The lowest BCUT2D eigenvalue weighted by Crippen LogP contribution is -2.12. The van der Waals surface area contributed by atoms with Gasteiger partial charge in [0, 0.05) is 12.6 Å². The van der Waals surface area contributed by atoms with E-state index in [2.05, 4.69) is 62.3 Å². The van der Waals surface area contributed by atoms with Gasteiger partial charge in [-0.2, -0.15) is 0 Å². The molecule has 1 heterocycles. The van der Waals surface area contributed by atoms with Crippen LogP contribution < -0.4 is 5.32 Å². The van der Waals surface area contributed by atoms with E-state index in [-0.39, 0.29) is 5.41 Å². The first kappa shape index (κ1) is 14.5. The molecule has 0 atom stereocenters. The van der Waals surface area contributed by atoms with E-state index in [0.717, 1.165) is 11.5 Å². The van der Waals surface area contributed by atoms with Crippen LogP contribution in [0.1, 0.15) is 37.5 Å². The molecule has 0 fully saturated rings. The lowest BCUT2D eigenvalue weighted by Gasteiger charge is -2.22. The molecule has 0 spiro atoms. The molecule has 2 aromatic rings. The van der Waals surface area contributed by atoms with Gasteiger partial charge >= 0.3 is 0 Å². The van der Waals surface area contributed by atoms with Crippen LogP contribution in [-0.4, -0.2) is 17.2 Å². The minimum Gasteiger partial charge on any atom is -0.372 e. The summed E-state index contributed by atoms with van der Waals surface area (Å²) >= 11 is 0. The summed E-state index contributed by atoms with van der Waals surface area (Å²) < 4.78 is 0. The Balaban J connectivity index is 2.52. The predicted molar refractivity (Wildman–Crippen MR) is 85.2 cm³/mol. The zero-order valence-electron chi connectivity index (χ0n) is 13.2. The van der Waals surface area contributed by atoms with E-state index in [0.29, 0.717) is 0 Å². The molecule has 0 saturated heterocycles. The molecule has 0 aliphatic rings. The van der Waals surface area contributed by atoms with Crippen molar-refractivity contribution in [3.05, 3.63) is 41.0 Å². The smallest absolute Gasteiger partial charge is 0.148 e. The summed E-state index contributed by atoms with van der Waals surface area (Å²) in [7, 11) is 1.85. The van der Waals surface area contributed by atoms with Crippen LogP contribution in [0.3, 0.4) is 0 Å². The first-order chi connectivity index (χ1) is 9.32. The Morgan fingerprint density at radius 3 is 1.95 bits per heavy atom. The van der Waals surface area contributed by atoms with Crippen molar-refractivity contribution < 1.29 is 0 Å². The number of benzene rings is 1. The Kier molecular flexibility index (Phi) is 3.80. The zero-order valence-corrected chi connectivity index (χ0v) is 13.2. The number of nitrogens with zero attached hydrogens (tertiary/aromatic N) is 2. The SMILES string of the molecule is CNc1ccc(-c2c(C)cc(C(C)(C)C)cc2C)nn1. The van der Waals surface area contributed by atoms with Gasteiger partial charge in [-0.3, -0.25) is 0 Å². The third kappa shape index (κ3) is 2.82. The number of hydrogen-bond donors (Lipinski definition) is 1. The second-order valence-electron chi connectivity index (χ2n) is 6.29. The Bertz CT molecular complexity index is 584. The molecule has 0 aliphatic carbocycles. The summed E-state index contributed by atoms with van der Waals surface area (Å²) in [5.74, 6) is 0.787. The molecule has 0 unspecified atom stereocenters. The highest BCUT2D eigenvalue weighted by atomic mass is 15.2. The van der Waals surface area contributed by atoms with Gasteiger partial charge in [0.05, 0.1) is 5.69 Å². The van der Waals surface area contributed by atoms with Gasteiger partial charge in [0.2, 0.25) is 0 Å². The van der Waals surface area contributed by atoms with Crippen molar-refractivity contribution in [1.82, 2.24) is 10.2 Å². The molecule has 0 amide bonds. The maximum absolute atomic E-state index is 4.32. The van der Waals surface area contributed by atoms with E-state index in [1.165, 1.54) is 22.3 Å². The van der Waals surface area contributed by atoms with Gasteiger partial charge in [-0.25, -0.2) is 0 Å². The molecule has 2 rings (SSSR count). The van der Waals surface area contributed by atoms with Crippen molar-refractivity contribution in [1.29, 1.82) is 0 Å². The average molecular weight is 269 g/mol. The molecular weight excluding hydrogens is 246 g/mol. The first-order valence-electron chi connectivity index (χ1n) is 6.96. The van der Waals surface area contributed by atoms with Crippen molar-refractivity contribution in [2.75, 3.05) is 12.4 Å². The van der Waals surface area contributed by atoms with E-state index in [1.807, 2.05) is 19.2 Å². The lowest BCUT2D eigenvalue weighted by molar-refractivity contribution is 0.589. The Labute approximate surface area is 121 Å². The van der Waals surface area contributed by atoms with Crippen LogP contribution in [0.15, 0.2) is 24.3 Å². The van der Waals surface area contributed by atoms with E-state index in [1.54, 1.807) is 0 Å². The van der Waals surface area contributed by atoms with Gasteiger partial charge in [-0.05, 0) is 48.1 Å². The maximum atomic E-state index is 4.32. The summed E-state index contributed by atoms with van der Waals surface area (Å²) in [6, 6.07) is 8.50. The van der Waals surface area contributed by atoms with Gasteiger partial charge in [0.15, 0.2) is 0 Å². The molecule has 20 heavy (non-hydrogen) atoms. The summed E-state index contributed by atoms with van der Waals surface area (Å²) in [6.45, 7) is 11.0. The van der Waals surface area contributed by atoms with Crippen LogP contribution in [0.25, 0.3) is 11.3 Å². The maximum Gasteiger partial charge on any atom is 0.148 e. The summed E-state index contributed by atoms with van der Waals surface area (Å²) in [6.07, 6.45) is 0. The zero-order chi connectivity index (χ0) is 14.9. The summed E-state index contributed by atoms with van der Waals surface area (Å²) in [5, 5.41) is 11.5. The van der Waals surface area contributed by atoms with E-state index in [9.17, 15) is 0 Å². The fourth-order valence-corrected chi connectivity index (χ4v) is 2.40. The molecule has 3 nitrogen and oxygen atoms in total. The van der Waals surface area contributed by atoms with Crippen molar-refractivity contribution in [3.8, 4) is 11.3 Å². The van der Waals surface area contributed by atoms with Crippen molar-refractivity contribution in [3.63, 3.8) is 0 Å². The van der Waals surface area contributed by atoms with Gasteiger partial charge in [-0.15, -0.1) is 10.2 Å². The summed E-state index contributed by atoms with van der Waals surface area (Å²) in [5.41, 5.74) is 6.14. The first-order valence-corrected chi connectivity index (χ1v) is 6.96. The van der Waals surface area contributed by atoms with Gasteiger partial charge in [0.1, 0.15) is 5.82 Å². The topological polar surface area (TPSA) is 37.8 Å². The van der Waals surface area contributed by atoms with Crippen LogP contribution in [0.5, 0.6) is 0 Å². The van der Waals surface area contributed by atoms with E-state index in [4.69, 9.17) is 0 Å². The van der Waals surface area contributed by atoms with Gasteiger partial charge in [0.25, 0.3) is 0 Å². The average Bonchev–Trinajstić information content (AvgIpc) is 2.37. The third-order valence-corrected chi connectivity index (χ3v) is 3.58. The molecule has 1 aromatic carbocycles. The molecule has 0 aliphatic heterocycles. The highest BCUT2D eigenvalue weighted by molar-refractivity contribution is 5.68. The highest BCUT2D eigenvalue weighted by Gasteiger charge is 2.17. The van der Waals surface area contributed by atoms with Crippen molar-refractivity contribution >= 4 is 5.82 Å². The number of rotatable bonds is 2. The van der Waals surface area contributed by atoms with Crippen LogP contribution in [-0.2, 0) is 5.41 Å². The molecule has 0 saturated carbocycles. The minimum atomic E-state index is 0.162. The quantitative estimate of drug-likeness (QED) is 0.892. The van der Waals surface area contributed by atoms with Crippen molar-refractivity contribution in [2.24, 2.45) is 0 Å². The fraction of sp³-hybridized carbons (Fsp3) is 0.412. The lowest BCUT2D eigenvalue weighted by atomic mass is 9.83. The molecule has 106 valence electrons. The number of nitrogens with one attached hydrogen (secondary N) is 1. The number of aryl methyl sites for hydroxylation is 2. The molecule has 0 radical (unpaired) electrons. The summed E-state index contributed by atoms with van der Waals surface area (Å²) in [4.78, 5) is 0. The van der Waals surface area contributed by atoms with Crippen LogP contribution in [0, 0.1) is 13.8 Å². The van der Waals surface area contributed by atoms with Crippen molar-refractivity contribution in [2.45, 2.75) is 40.0 Å². The fourth-order valence-electron chi connectivity index (χ4n) is 2.40. The predicted octanol–water partition coefficient (Wildman–Crippen LogP) is 4.10. The molecule has 0 bridgehead atoms. The van der Waals surface area contributed by atoms with Crippen LogP contribution >= 0.6 is 0 Å². The Morgan fingerprint density at radius 2 is 1.55 bits per heavy atom. The van der Waals surface area contributed by atoms with E-state index < -0.39 is 0 Å². The van der Waals surface area contributed by atoms with E-state index >= 15 is 0 Å². The molecule has 3 heteroatoms. The Hall–Kier alpha value is -1.90. The standard InChI is InChI=1S/C17H23N3/c1-11-9-13(17(3,4)5)10-12(2)16(11)14-7-8-15(18-6)20-19-14/h7-10H,1-6H3,(H,18,20). The monoisotopic (exact) mass is 269 g/mol. The molecular formula is C17H23N3. The molecule has 1 aromatic heterocycles. The number of aromatic nitrogens is 2. The Morgan fingerprint density at radius 1 is 0.950 bits per heavy atom. The number of anilines is 1. The second kappa shape index (κ2) is 5.23.